The van der Waals surface area contributed by atoms with Crippen molar-refractivity contribution in [2.75, 3.05) is 42.9 Å². The highest BCUT2D eigenvalue weighted by molar-refractivity contribution is 6.04. The summed E-state index contributed by atoms with van der Waals surface area (Å²) in [6, 6.07) is 6.29. The van der Waals surface area contributed by atoms with E-state index in [0.29, 0.717) is 5.56 Å². The van der Waals surface area contributed by atoms with Gasteiger partial charge < -0.3 is 15.1 Å². The van der Waals surface area contributed by atoms with E-state index in [4.69, 9.17) is 0 Å². The summed E-state index contributed by atoms with van der Waals surface area (Å²) in [6.45, 7) is 6.69. The lowest BCUT2D eigenvalue weighted by Gasteiger charge is -2.35. The summed E-state index contributed by atoms with van der Waals surface area (Å²) in [5.41, 5.74) is 0.433. The maximum atomic E-state index is 12.8. The Morgan fingerprint density at radius 2 is 1.89 bits per heavy atom. The summed E-state index contributed by atoms with van der Waals surface area (Å²) >= 11 is 0. The van der Waals surface area contributed by atoms with Gasteiger partial charge in [-0.05, 0) is 30.8 Å². The average Bonchev–Trinajstić information content (AvgIpc) is 2.68. The van der Waals surface area contributed by atoms with Crippen molar-refractivity contribution in [3.63, 3.8) is 0 Å². The lowest BCUT2D eigenvalue weighted by molar-refractivity contribution is -0.137. The highest BCUT2D eigenvalue weighted by atomic mass is 19.4. The van der Waals surface area contributed by atoms with Crippen LogP contribution in [0.1, 0.15) is 22.8 Å². The minimum atomic E-state index is -4.46. The van der Waals surface area contributed by atoms with Crippen molar-refractivity contribution in [3.8, 4) is 0 Å². The quantitative estimate of drug-likeness (QED) is 0.885. The summed E-state index contributed by atoms with van der Waals surface area (Å²) in [5.74, 6) is -0.490. The summed E-state index contributed by atoms with van der Waals surface area (Å²) < 4.78 is 38.4. The van der Waals surface area contributed by atoms with Crippen LogP contribution in [0, 0.1) is 0 Å². The van der Waals surface area contributed by atoms with Crippen LogP contribution in [0.3, 0.4) is 0 Å². The molecule has 1 aliphatic rings. The third kappa shape index (κ3) is 4.77. The number of aromatic nitrogens is 1. The van der Waals surface area contributed by atoms with E-state index in [2.05, 4.69) is 27.0 Å². The maximum Gasteiger partial charge on any atom is 0.416 e. The fraction of sp³-hybridized carbons (Fsp3) is 0.368. The number of piperazine rings is 1. The Morgan fingerprint density at radius 3 is 2.56 bits per heavy atom. The summed E-state index contributed by atoms with van der Waals surface area (Å²) in [4.78, 5) is 21.1. The molecule has 0 bridgehead atoms. The molecule has 1 amide bonds. The number of hydrogen-bond acceptors (Lipinski definition) is 4. The van der Waals surface area contributed by atoms with Crippen LogP contribution in [0.15, 0.2) is 42.7 Å². The van der Waals surface area contributed by atoms with E-state index in [-0.39, 0.29) is 5.69 Å². The molecule has 1 aliphatic heterocycles. The number of rotatable bonds is 4. The molecule has 2 aromatic rings. The van der Waals surface area contributed by atoms with Crippen molar-refractivity contribution in [2.24, 2.45) is 0 Å². The molecule has 3 rings (SSSR count). The van der Waals surface area contributed by atoms with E-state index >= 15 is 0 Å². The second-order valence-corrected chi connectivity index (χ2v) is 6.39. The van der Waals surface area contributed by atoms with Crippen LogP contribution in [0.4, 0.5) is 24.5 Å². The normalized spacial score (nSPS) is 15.6. The van der Waals surface area contributed by atoms with Gasteiger partial charge in [-0.15, -0.1) is 0 Å². The Balaban J connectivity index is 1.71. The average molecular weight is 378 g/mol. The number of carbonyl (C=O) groups is 1. The van der Waals surface area contributed by atoms with Gasteiger partial charge in [-0.2, -0.15) is 13.2 Å². The molecule has 5 nitrogen and oxygen atoms in total. The molecule has 144 valence electrons. The molecule has 0 saturated carbocycles. The van der Waals surface area contributed by atoms with Gasteiger partial charge in [0.15, 0.2) is 0 Å². The van der Waals surface area contributed by atoms with Gasteiger partial charge in [0.25, 0.3) is 5.91 Å². The van der Waals surface area contributed by atoms with Crippen LogP contribution in [-0.2, 0) is 6.18 Å². The molecule has 0 spiro atoms. The molecule has 8 heteroatoms. The molecule has 1 aromatic heterocycles. The first kappa shape index (κ1) is 19.2. The Kier molecular flexibility index (Phi) is 5.65. The minimum Gasteiger partial charge on any atom is -0.368 e. The predicted molar refractivity (Wildman–Crippen MR) is 98.0 cm³/mol. The van der Waals surface area contributed by atoms with Crippen LogP contribution in [-0.4, -0.2) is 48.5 Å². The molecular formula is C19H21F3N4O. The number of alkyl halides is 3. The fourth-order valence-corrected chi connectivity index (χ4v) is 3.02. The van der Waals surface area contributed by atoms with Gasteiger partial charge >= 0.3 is 6.18 Å². The van der Waals surface area contributed by atoms with E-state index in [9.17, 15) is 18.0 Å². The Hall–Kier alpha value is -2.61. The largest absolute Gasteiger partial charge is 0.416 e. The Morgan fingerprint density at radius 1 is 1.15 bits per heavy atom. The van der Waals surface area contributed by atoms with Gasteiger partial charge in [0.05, 0.1) is 23.0 Å². The molecule has 1 N–H and O–H groups in total. The van der Waals surface area contributed by atoms with Gasteiger partial charge in [-0.25, -0.2) is 0 Å². The topological polar surface area (TPSA) is 48.5 Å². The number of pyridine rings is 1. The van der Waals surface area contributed by atoms with Gasteiger partial charge in [-0.1, -0.05) is 13.0 Å². The number of benzene rings is 1. The van der Waals surface area contributed by atoms with Crippen LogP contribution in [0.2, 0.25) is 0 Å². The van der Waals surface area contributed by atoms with Crippen molar-refractivity contribution in [1.29, 1.82) is 0 Å². The second-order valence-electron chi connectivity index (χ2n) is 6.39. The standard InChI is InChI=1S/C19H21F3N4O/c1-2-25-6-8-26(9-7-25)17-10-14(12-23-13-17)18(27)24-16-5-3-4-15(11-16)19(20,21)22/h3-5,10-13H,2,6-9H2,1H3,(H,24,27). The number of nitrogens with one attached hydrogen (secondary N) is 1. The first-order valence-electron chi connectivity index (χ1n) is 8.78. The monoisotopic (exact) mass is 378 g/mol. The summed E-state index contributed by atoms with van der Waals surface area (Å²) in [7, 11) is 0. The second kappa shape index (κ2) is 7.96. The molecular weight excluding hydrogens is 357 g/mol. The minimum absolute atomic E-state index is 0.0942. The van der Waals surface area contributed by atoms with Gasteiger partial charge in [0, 0.05) is 38.1 Å². The molecule has 0 unspecified atom stereocenters. The van der Waals surface area contributed by atoms with E-state index in [0.717, 1.165) is 50.5 Å². The van der Waals surface area contributed by atoms with Crippen molar-refractivity contribution in [2.45, 2.75) is 13.1 Å². The number of carbonyl (C=O) groups excluding carboxylic acids is 1. The van der Waals surface area contributed by atoms with Crippen molar-refractivity contribution >= 4 is 17.3 Å². The van der Waals surface area contributed by atoms with E-state index < -0.39 is 17.6 Å². The molecule has 2 heterocycles. The highest BCUT2D eigenvalue weighted by Crippen LogP contribution is 2.30. The lowest BCUT2D eigenvalue weighted by atomic mass is 10.1. The van der Waals surface area contributed by atoms with E-state index in [1.807, 2.05) is 0 Å². The molecule has 27 heavy (non-hydrogen) atoms. The first-order chi connectivity index (χ1) is 12.9. The highest BCUT2D eigenvalue weighted by Gasteiger charge is 2.30. The van der Waals surface area contributed by atoms with E-state index in [1.54, 1.807) is 12.3 Å². The number of nitrogens with zero attached hydrogens (tertiary/aromatic N) is 3. The molecule has 1 aromatic carbocycles. The molecule has 1 saturated heterocycles. The number of hydrogen-bond donors (Lipinski definition) is 1. The van der Waals surface area contributed by atoms with Gasteiger partial charge in [-0.3, -0.25) is 9.78 Å². The summed E-state index contributed by atoms with van der Waals surface area (Å²) in [5, 5.41) is 2.51. The van der Waals surface area contributed by atoms with Crippen LogP contribution < -0.4 is 10.2 Å². The molecule has 0 atom stereocenters. The maximum absolute atomic E-state index is 12.8. The van der Waals surface area contributed by atoms with Crippen LogP contribution in [0.5, 0.6) is 0 Å². The predicted octanol–water partition coefficient (Wildman–Crippen LogP) is 3.49. The SMILES string of the molecule is CCN1CCN(c2cncc(C(=O)Nc3cccc(C(F)(F)F)c3)c2)CC1. The first-order valence-corrected chi connectivity index (χ1v) is 8.78. The number of amides is 1. The zero-order chi connectivity index (χ0) is 19.4. The molecule has 1 fully saturated rings. The fourth-order valence-electron chi connectivity index (χ4n) is 3.02. The Bertz CT molecular complexity index is 802. The van der Waals surface area contributed by atoms with Gasteiger partial charge in [0.1, 0.15) is 0 Å². The summed E-state index contributed by atoms with van der Waals surface area (Å²) in [6.07, 6.45) is -1.35. The molecule has 0 radical (unpaired) electrons. The van der Waals surface area contributed by atoms with Crippen LogP contribution >= 0.6 is 0 Å². The van der Waals surface area contributed by atoms with Crippen molar-refractivity contribution < 1.29 is 18.0 Å². The van der Waals surface area contributed by atoms with Gasteiger partial charge in [0.2, 0.25) is 0 Å². The number of likely N-dealkylation sites (N-methyl/N-ethyl adjacent to an activating group) is 1. The third-order valence-electron chi connectivity index (χ3n) is 4.62. The number of anilines is 2. The van der Waals surface area contributed by atoms with E-state index in [1.165, 1.54) is 18.3 Å². The third-order valence-corrected chi connectivity index (χ3v) is 4.62. The van der Waals surface area contributed by atoms with Crippen molar-refractivity contribution in [3.05, 3.63) is 53.9 Å². The smallest absolute Gasteiger partial charge is 0.368 e. The zero-order valence-corrected chi connectivity index (χ0v) is 15.0. The zero-order valence-electron chi connectivity index (χ0n) is 15.0. The Labute approximate surface area is 155 Å². The molecule has 0 aliphatic carbocycles. The van der Waals surface area contributed by atoms with Crippen LogP contribution in [0.25, 0.3) is 0 Å². The van der Waals surface area contributed by atoms with Crippen molar-refractivity contribution in [1.82, 2.24) is 9.88 Å². The number of halogens is 3. The lowest BCUT2D eigenvalue weighted by Crippen LogP contribution is -2.46.